The van der Waals surface area contributed by atoms with E-state index in [2.05, 4.69) is 37.2 Å². The van der Waals surface area contributed by atoms with Gasteiger partial charge in [0.15, 0.2) is 0 Å². The van der Waals surface area contributed by atoms with Crippen molar-refractivity contribution >= 4 is 7.82 Å². The largest absolute Gasteiger partial charge is 0.524 e. The van der Waals surface area contributed by atoms with E-state index in [9.17, 15) is 4.57 Å². The van der Waals surface area contributed by atoms with E-state index in [1.54, 1.807) is 0 Å². The normalized spacial score (nSPS) is 13.1. The van der Waals surface area contributed by atoms with E-state index in [1.165, 1.54) is 96.3 Å². The lowest BCUT2D eigenvalue weighted by atomic mass is 10.1. The van der Waals surface area contributed by atoms with Gasteiger partial charge in [0.25, 0.3) is 0 Å². The van der Waals surface area contributed by atoms with E-state index < -0.39 is 25.2 Å². The van der Waals surface area contributed by atoms with E-state index in [0.717, 1.165) is 57.8 Å². The highest BCUT2D eigenvalue weighted by Gasteiger charge is 2.37. The minimum Gasteiger partial charge on any atom is -0.299 e. The average Bonchev–Trinajstić information content (AvgIpc) is 3.02. The SMILES string of the molecule is CCCCCCCCCCC(N)(N)NOP(=O)(ONC(N)(N)CCCCCCCCCC)ONC(N)(N)CCCCCCCCCC. The van der Waals surface area contributed by atoms with Gasteiger partial charge in [0.05, 0.1) is 0 Å². The molecule has 0 fully saturated rings. The van der Waals surface area contributed by atoms with Crippen LogP contribution in [-0.4, -0.2) is 17.4 Å². The van der Waals surface area contributed by atoms with E-state index in [0.29, 0.717) is 19.3 Å². The number of unbranched alkanes of at least 4 members (excludes halogenated alkanes) is 21. The second-order valence-corrected chi connectivity index (χ2v) is 15.3. The molecule has 0 aromatic carbocycles. The first-order valence-electron chi connectivity index (χ1n) is 19.0. The number of nitrogens with one attached hydrogen (secondary N) is 3. The molecule has 284 valence electrons. The summed E-state index contributed by atoms with van der Waals surface area (Å²) in [7, 11) is -4.50. The molecular weight excluding hydrogens is 617 g/mol. The van der Waals surface area contributed by atoms with Crippen LogP contribution in [0.2, 0.25) is 0 Å². The zero-order valence-electron chi connectivity index (χ0n) is 30.6. The van der Waals surface area contributed by atoms with Crippen molar-refractivity contribution in [2.24, 2.45) is 34.4 Å². The van der Waals surface area contributed by atoms with Gasteiger partial charge in [-0.15, -0.1) is 0 Å². The van der Waals surface area contributed by atoms with E-state index in [4.69, 9.17) is 48.3 Å². The first-order valence-corrected chi connectivity index (χ1v) is 20.5. The van der Waals surface area contributed by atoms with Gasteiger partial charge in [0.1, 0.15) is 17.4 Å². The maximum absolute atomic E-state index is 13.7. The number of hydroxylamine groups is 3. The lowest BCUT2D eigenvalue weighted by Gasteiger charge is -2.32. The zero-order valence-corrected chi connectivity index (χ0v) is 31.5. The maximum atomic E-state index is 13.7. The Hall–Kier alpha value is -0.250. The van der Waals surface area contributed by atoms with Crippen molar-refractivity contribution in [3.8, 4) is 0 Å². The summed E-state index contributed by atoms with van der Waals surface area (Å²) in [4.78, 5) is 0. The highest BCUT2D eigenvalue weighted by Crippen LogP contribution is 2.47. The van der Waals surface area contributed by atoms with Crippen LogP contribution < -0.4 is 50.8 Å². The summed E-state index contributed by atoms with van der Waals surface area (Å²) in [5.74, 6) is -4.49. The molecule has 0 rings (SSSR count). The average molecular weight is 696 g/mol. The fourth-order valence-corrected chi connectivity index (χ4v) is 6.24. The van der Waals surface area contributed by atoms with Gasteiger partial charge >= 0.3 is 7.82 Å². The number of phosphoric acid groups is 1. The lowest BCUT2D eigenvalue weighted by Crippen LogP contribution is -2.63. The molecule has 0 aliphatic carbocycles. The highest BCUT2D eigenvalue weighted by molar-refractivity contribution is 7.48. The third-order valence-electron chi connectivity index (χ3n) is 8.37. The van der Waals surface area contributed by atoms with Gasteiger partial charge in [-0.2, -0.15) is 30.3 Å². The van der Waals surface area contributed by atoms with E-state index in [-0.39, 0.29) is 0 Å². The summed E-state index contributed by atoms with van der Waals surface area (Å²) >= 11 is 0. The van der Waals surface area contributed by atoms with Crippen molar-refractivity contribution in [2.45, 2.75) is 211 Å². The fourth-order valence-electron chi connectivity index (χ4n) is 5.29. The molecule has 14 heteroatoms. The Morgan fingerprint density at radius 3 is 0.787 bits per heavy atom. The predicted octanol–water partition coefficient (Wildman–Crippen LogP) is 6.96. The first-order chi connectivity index (χ1) is 22.3. The molecule has 0 amide bonds. The van der Waals surface area contributed by atoms with Gasteiger partial charge < -0.3 is 0 Å². The van der Waals surface area contributed by atoms with Crippen LogP contribution in [-0.2, 0) is 18.4 Å². The van der Waals surface area contributed by atoms with Gasteiger partial charge in [-0.1, -0.05) is 156 Å². The molecule has 0 aromatic rings. The third-order valence-corrected chi connectivity index (χ3v) is 9.32. The molecule has 0 saturated heterocycles. The standard InChI is InChI=1S/C33H78N9O4P/c1-4-7-10-13-16-19-22-25-28-31(34,35)40-44-47(43,45-41-32(36,37)29-26-23-20-17-14-11-8-5-2)46-42-33(38,39)30-27-24-21-18-15-12-9-6-3/h40-42H,4-30,34-39H2,1-3H3. The minimum absolute atomic E-state index is 0.370. The summed E-state index contributed by atoms with van der Waals surface area (Å²) in [6, 6.07) is 0. The molecule has 0 heterocycles. The van der Waals surface area contributed by atoms with Crippen molar-refractivity contribution in [1.82, 2.24) is 16.4 Å². The number of rotatable bonds is 36. The summed E-state index contributed by atoms with van der Waals surface area (Å²) in [5, 5.41) is 0. The monoisotopic (exact) mass is 696 g/mol. The Morgan fingerprint density at radius 2 is 0.574 bits per heavy atom. The molecule has 0 bridgehead atoms. The van der Waals surface area contributed by atoms with Crippen molar-refractivity contribution in [2.75, 3.05) is 0 Å². The molecular formula is C33H78N9O4P. The zero-order chi connectivity index (χ0) is 35.3. The van der Waals surface area contributed by atoms with Gasteiger partial charge in [-0.25, -0.2) is 4.57 Å². The summed E-state index contributed by atoms with van der Waals surface area (Å²) in [6.45, 7) is 6.62. The van der Waals surface area contributed by atoms with Gasteiger partial charge in [0.2, 0.25) is 0 Å². The second-order valence-electron chi connectivity index (χ2n) is 13.8. The number of hydrogen-bond acceptors (Lipinski definition) is 13. The van der Waals surface area contributed by atoms with Crippen LogP contribution in [0.5, 0.6) is 0 Å². The van der Waals surface area contributed by atoms with Crippen LogP contribution in [0, 0.1) is 0 Å². The Labute approximate surface area is 288 Å². The number of hydrogen-bond donors (Lipinski definition) is 9. The van der Waals surface area contributed by atoms with Crippen LogP contribution in [0.1, 0.15) is 194 Å². The van der Waals surface area contributed by atoms with Crippen LogP contribution in [0.3, 0.4) is 0 Å². The van der Waals surface area contributed by atoms with Gasteiger partial charge in [-0.05, 0) is 38.5 Å². The molecule has 47 heavy (non-hydrogen) atoms. The Kier molecular flexibility index (Phi) is 28.3. The molecule has 0 atom stereocenters. The highest BCUT2D eigenvalue weighted by atomic mass is 31.2. The van der Waals surface area contributed by atoms with Crippen molar-refractivity contribution in [3.63, 3.8) is 0 Å². The van der Waals surface area contributed by atoms with Crippen LogP contribution in [0.4, 0.5) is 0 Å². The maximum Gasteiger partial charge on any atom is 0.524 e. The topological polar surface area (TPSA) is 237 Å². The van der Waals surface area contributed by atoms with E-state index >= 15 is 0 Å². The number of nitrogens with two attached hydrogens (primary N) is 6. The Bertz CT molecular complexity index is 669. The lowest BCUT2D eigenvalue weighted by molar-refractivity contribution is -0.0478. The van der Waals surface area contributed by atoms with Crippen molar-refractivity contribution < 1.29 is 18.4 Å². The fraction of sp³-hybridized carbons (Fsp3) is 1.00. The summed E-state index contributed by atoms with van der Waals surface area (Å²) in [6.07, 6.45) is 28.1. The molecule has 13 nitrogen and oxygen atoms in total. The van der Waals surface area contributed by atoms with Crippen molar-refractivity contribution in [3.05, 3.63) is 0 Å². The smallest absolute Gasteiger partial charge is 0.299 e. The molecule has 0 aliphatic rings. The molecule has 15 N–H and O–H groups in total. The summed E-state index contributed by atoms with van der Waals surface area (Å²) in [5.41, 5.74) is 44.6. The summed E-state index contributed by atoms with van der Waals surface area (Å²) < 4.78 is 29.7. The van der Waals surface area contributed by atoms with Crippen LogP contribution in [0.25, 0.3) is 0 Å². The molecule has 0 aromatic heterocycles. The van der Waals surface area contributed by atoms with Gasteiger partial charge in [-0.3, -0.25) is 34.4 Å². The predicted molar refractivity (Wildman–Crippen MR) is 195 cm³/mol. The first kappa shape index (κ1) is 46.8. The Morgan fingerprint density at radius 1 is 0.383 bits per heavy atom. The molecule has 0 saturated carbocycles. The van der Waals surface area contributed by atoms with Crippen LogP contribution >= 0.6 is 7.82 Å². The van der Waals surface area contributed by atoms with Crippen molar-refractivity contribution in [1.29, 1.82) is 0 Å². The minimum atomic E-state index is -4.50. The molecule has 0 spiro atoms. The van der Waals surface area contributed by atoms with Crippen LogP contribution in [0.15, 0.2) is 0 Å². The molecule has 0 radical (unpaired) electrons. The van der Waals surface area contributed by atoms with E-state index in [1.807, 2.05) is 0 Å². The molecule has 0 unspecified atom stereocenters. The second kappa shape index (κ2) is 28.4. The van der Waals surface area contributed by atoms with Gasteiger partial charge in [0, 0.05) is 0 Å². The Balaban J connectivity index is 4.94. The molecule has 0 aliphatic heterocycles. The quantitative estimate of drug-likeness (QED) is 0.0140. The third kappa shape index (κ3) is 30.3.